The molecular formula is C32H38Cl2F3N7O5S2. The second-order valence-electron chi connectivity index (χ2n) is 12.4. The first kappa shape index (κ1) is 40.5. The van der Waals surface area contributed by atoms with Gasteiger partial charge in [0.2, 0.25) is 10.0 Å². The molecule has 0 N–H and O–H groups in total. The van der Waals surface area contributed by atoms with Crippen molar-refractivity contribution in [2.75, 3.05) is 51.2 Å². The Hall–Kier alpha value is -3.32. The molecular weight excluding hydrogens is 754 g/mol. The van der Waals surface area contributed by atoms with Gasteiger partial charge in [-0.1, -0.05) is 60.7 Å². The van der Waals surface area contributed by atoms with Crippen LogP contribution >= 0.6 is 24.8 Å². The molecule has 0 unspecified atom stereocenters. The molecule has 0 amide bonds. The van der Waals surface area contributed by atoms with E-state index < -0.39 is 36.9 Å². The number of fused-ring (bicyclic) bond motifs is 1. The number of hydrogen-bond acceptors (Lipinski definition) is 10. The number of rotatable bonds is 10. The van der Waals surface area contributed by atoms with Crippen molar-refractivity contribution in [1.82, 2.24) is 34.3 Å². The fourth-order valence-electron chi connectivity index (χ4n) is 6.96. The summed E-state index contributed by atoms with van der Waals surface area (Å²) in [4.78, 5) is 4.46. The largest absolute Gasteiger partial charge is 0.496 e. The summed E-state index contributed by atoms with van der Waals surface area (Å²) in [5.41, 5.74) is 2.84. The highest BCUT2D eigenvalue weighted by molar-refractivity contribution is 8.06. The van der Waals surface area contributed by atoms with Crippen LogP contribution in [-0.2, 0) is 32.6 Å². The van der Waals surface area contributed by atoms with Gasteiger partial charge in [0, 0.05) is 69.1 Å². The molecule has 0 bridgehead atoms. The number of aromatic nitrogens is 4. The minimum Gasteiger partial charge on any atom is -0.496 e. The van der Waals surface area contributed by atoms with Gasteiger partial charge in [0.05, 0.1) is 12.8 Å². The summed E-state index contributed by atoms with van der Waals surface area (Å²) >= 11 is 0. The van der Waals surface area contributed by atoms with E-state index in [2.05, 4.69) is 49.6 Å². The number of hydrogen-bond donors (Lipinski definition) is 0. The number of sulfonamides is 1. The van der Waals surface area contributed by atoms with Gasteiger partial charge in [-0.15, -0.1) is 29.9 Å². The van der Waals surface area contributed by atoms with Crippen LogP contribution in [-0.4, -0.2) is 114 Å². The van der Waals surface area contributed by atoms with Crippen molar-refractivity contribution in [2.24, 2.45) is 0 Å². The van der Waals surface area contributed by atoms with E-state index >= 15 is 0 Å². The van der Waals surface area contributed by atoms with Gasteiger partial charge in [0.25, 0.3) is 5.82 Å². The van der Waals surface area contributed by atoms with Crippen molar-refractivity contribution in [3.63, 3.8) is 0 Å². The Morgan fingerprint density at radius 3 is 2.08 bits per heavy atom. The smallest absolute Gasteiger partial charge is 0.453 e. The van der Waals surface area contributed by atoms with Crippen molar-refractivity contribution in [3.05, 3.63) is 101 Å². The standard InChI is InChI=1S/C32H36F3N7O5S2.2ClH/c1-47-29-14-13-26(42-31(32(33,34)35)36-37-38-42)17-25(29)18-39-19-27-20-40(49(45,46)22-48(2,43)44)15-16-41(27)28(21-39)30(23-9-5-3-6-10-23)24-11-7-4-8-12-24;;/h3-14,17,27-28,30H,15-16,18-22H2,1-2H3;2*1H/t27-,28+;;/m1../s1. The van der Waals surface area contributed by atoms with Gasteiger partial charge in [-0.25, -0.2) is 16.8 Å². The SMILES string of the molecule is COc1ccc(-n2nnnc2C(F)(F)F)cc1CN1C[C@@H]2CN(S(=O)(=O)CS(C)(=O)=O)CCN2[C@H](C(c2ccccc2)c2ccccc2)C1.Cl.Cl. The van der Waals surface area contributed by atoms with Gasteiger partial charge >= 0.3 is 6.18 Å². The molecule has 0 radical (unpaired) electrons. The third kappa shape index (κ3) is 9.19. The minimum atomic E-state index is -4.78. The van der Waals surface area contributed by atoms with Gasteiger partial charge in [0.15, 0.2) is 14.9 Å². The first-order chi connectivity index (χ1) is 23.2. The van der Waals surface area contributed by atoms with E-state index in [0.29, 0.717) is 35.6 Å². The summed E-state index contributed by atoms with van der Waals surface area (Å²) < 4.78 is 99.0. The van der Waals surface area contributed by atoms with E-state index in [4.69, 9.17) is 4.74 Å². The minimum absolute atomic E-state index is 0. The number of nitrogens with zero attached hydrogens (tertiary/aromatic N) is 7. The number of benzene rings is 3. The molecule has 0 saturated carbocycles. The van der Waals surface area contributed by atoms with Gasteiger partial charge in [-0.2, -0.15) is 22.2 Å². The fourth-order valence-corrected chi connectivity index (χ4v) is 10.5. The van der Waals surface area contributed by atoms with E-state index in [9.17, 15) is 30.0 Å². The third-order valence-corrected chi connectivity index (χ3v) is 12.9. The molecule has 1 aromatic heterocycles. The molecule has 278 valence electrons. The lowest BCUT2D eigenvalue weighted by atomic mass is 9.81. The maximum absolute atomic E-state index is 13.7. The van der Waals surface area contributed by atoms with Gasteiger partial charge in [-0.05, 0) is 39.8 Å². The second kappa shape index (κ2) is 16.1. The molecule has 6 rings (SSSR count). The monoisotopic (exact) mass is 791 g/mol. The summed E-state index contributed by atoms with van der Waals surface area (Å²) in [6, 6.07) is 24.2. The molecule has 2 saturated heterocycles. The lowest BCUT2D eigenvalue weighted by Gasteiger charge is -2.53. The Morgan fingerprint density at radius 1 is 0.882 bits per heavy atom. The van der Waals surface area contributed by atoms with Crippen LogP contribution in [0.2, 0.25) is 0 Å². The highest BCUT2D eigenvalue weighted by atomic mass is 35.5. The molecule has 12 nitrogen and oxygen atoms in total. The van der Waals surface area contributed by atoms with E-state index in [0.717, 1.165) is 17.4 Å². The zero-order valence-electron chi connectivity index (χ0n) is 27.6. The van der Waals surface area contributed by atoms with E-state index in [-0.39, 0.29) is 68.1 Å². The molecule has 4 aromatic rings. The number of sulfone groups is 1. The van der Waals surface area contributed by atoms with E-state index in [1.54, 1.807) is 12.1 Å². The van der Waals surface area contributed by atoms with Gasteiger partial charge < -0.3 is 4.74 Å². The predicted molar refractivity (Wildman–Crippen MR) is 190 cm³/mol. The maximum atomic E-state index is 13.7. The number of tetrazole rings is 1. The van der Waals surface area contributed by atoms with Crippen LogP contribution in [0.15, 0.2) is 78.9 Å². The van der Waals surface area contributed by atoms with Crippen LogP contribution in [0.1, 0.15) is 28.4 Å². The lowest BCUT2D eigenvalue weighted by Crippen LogP contribution is -2.67. The lowest BCUT2D eigenvalue weighted by molar-refractivity contribution is -0.146. The Kier molecular flexibility index (Phi) is 12.8. The number of alkyl halides is 3. The number of ether oxygens (including phenoxy) is 1. The molecule has 3 aromatic carbocycles. The molecule has 0 aliphatic carbocycles. The van der Waals surface area contributed by atoms with Crippen LogP contribution in [0.25, 0.3) is 5.69 Å². The van der Waals surface area contributed by atoms with Crippen molar-refractivity contribution in [1.29, 1.82) is 0 Å². The molecule has 2 atom stereocenters. The quantitative estimate of drug-likeness (QED) is 0.234. The highest BCUT2D eigenvalue weighted by Crippen LogP contribution is 2.37. The summed E-state index contributed by atoms with van der Waals surface area (Å²) in [7, 11) is -6.43. The van der Waals surface area contributed by atoms with Crippen LogP contribution in [0.4, 0.5) is 13.2 Å². The Bertz CT molecular complexity index is 1950. The molecule has 51 heavy (non-hydrogen) atoms. The van der Waals surface area contributed by atoms with E-state index in [1.807, 2.05) is 36.4 Å². The normalized spacial score (nSPS) is 19.2. The molecule has 2 aliphatic heterocycles. The van der Waals surface area contributed by atoms with Crippen LogP contribution < -0.4 is 4.74 Å². The van der Waals surface area contributed by atoms with Crippen LogP contribution in [0, 0.1) is 0 Å². The van der Waals surface area contributed by atoms with Gasteiger partial charge in [0.1, 0.15) is 5.75 Å². The topological polar surface area (TPSA) is 131 Å². The Labute approximate surface area is 307 Å². The molecule has 2 aliphatic rings. The van der Waals surface area contributed by atoms with Crippen LogP contribution in [0.3, 0.4) is 0 Å². The van der Waals surface area contributed by atoms with Crippen LogP contribution in [0.5, 0.6) is 5.75 Å². The molecule has 2 fully saturated rings. The highest BCUT2D eigenvalue weighted by Gasteiger charge is 2.45. The average Bonchev–Trinajstić information content (AvgIpc) is 3.56. The second-order valence-corrected chi connectivity index (χ2v) is 16.8. The first-order valence-electron chi connectivity index (χ1n) is 15.5. The average molecular weight is 793 g/mol. The summed E-state index contributed by atoms with van der Waals surface area (Å²) in [5, 5.41) is 9.01. The zero-order valence-corrected chi connectivity index (χ0v) is 30.9. The molecule has 0 spiro atoms. The van der Waals surface area contributed by atoms with Crippen molar-refractivity contribution in [3.8, 4) is 11.4 Å². The van der Waals surface area contributed by atoms with Crippen molar-refractivity contribution < 1.29 is 34.7 Å². The third-order valence-electron chi connectivity index (χ3n) is 8.92. The maximum Gasteiger partial charge on any atom is 0.453 e. The van der Waals surface area contributed by atoms with E-state index in [1.165, 1.54) is 17.5 Å². The number of halogens is 5. The summed E-state index contributed by atoms with van der Waals surface area (Å²) in [6.45, 7) is 1.81. The predicted octanol–water partition coefficient (Wildman–Crippen LogP) is 3.87. The number of piperazine rings is 2. The van der Waals surface area contributed by atoms with Crippen molar-refractivity contribution >= 4 is 44.7 Å². The van der Waals surface area contributed by atoms with Gasteiger partial charge in [-0.3, -0.25) is 9.80 Å². The molecule has 3 heterocycles. The number of methoxy groups -OCH3 is 1. The molecule has 19 heteroatoms. The Balaban J connectivity index is 0.00000292. The summed E-state index contributed by atoms with van der Waals surface area (Å²) in [6.07, 6.45) is -3.88. The first-order valence-corrected chi connectivity index (χ1v) is 19.2. The van der Waals surface area contributed by atoms with Crippen molar-refractivity contribution in [2.45, 2.75) is 30.7 Å². The summed E-state index contributed by atoms with van der Waals surface area (Å²) in [5.74, 6) is -0.924. The Morgan fingerprint density at radius 2 is 1.51 bits per heavy atom. The zero-order chi connectivity index (χ0) is 35.0. The fraction of sp³-hybridized carbons (Fsp3) is 0.406.